The van der Waals surface area contributed by atoms with E-state index in [1.807, 2.05) is 0 Å². The number of hydrogen-bond donors (Lipinski definition) is 1. The maximum atomic E-state index is 12.5. The Kier molecular flexibility index (Phi) is 5.48. The highest BCUT2D eigenvalue weighted by molar-refractivity contribution is 6.04. The number of halogens is 3. The van der Waals surface area contributed by atoms with Crippen LogP contribution in [0.1, 0.15) is 40.0 Å². The summed E-state index contributed by atoms with van der Waals surface area (Å²) >= 11 is 0. The molecule has 1 N–H and O–H groups in total. The summed E-state index contributed by atoms with van der Waals surface area (Å²) in [6, 6.07) is 6.51. The minimum atomic E-state index is -4.41. The van der Waals surface area contributed by atoms with Crippen molar-refractivity contribution in [3.8, 4) is 0 Å². The molecule has 0 bridgehead atoms. The molecule has 1 saturated heterocycles. The van der Waals surface area contributed by atoms with Crippen molar-refractivity contribution in [2.75, 3.05) is 18.4 Å². The highest BCUT2D eigenvalue weighted by Gasteiger charge is 2.28. The number of anilines is 1. The van der Waals surface area contributed by atoms with Gasteiger partial charge in [0, 0.05) is 30.5 Å². The number of nitrogens with zero attached hydrogens (tertiary/aromatic N) is 3. The van der Waals surface area contributed by atoms with Gasteiger partial charge in [-0.3, -0.25) is 14.3 Å². The fourth-order valence-electron chi connectivity index (χ4n) is 2.96. The molecule has 1 aromatic carbocycles. The molecule has 0 saturated carbocycles. The van der Waals surface area contributed by atoms with Crippen LogP contribution in [0.25, 0.3) is 0 Å². The summed E-state index contributed by atoms with van der Waals surface area (Å²) in [5.41, 5.74) is 0.862. The smallest absolute Gasteiger partial charge is 0.339 e. The third-order valence-corrected chi connectivity index (χ3v) is 4.25. The summed E-state index contributed by atoms with van der Waals surface area (Å²) in [4.78, 5) is 26.6. The van der Waals surface area contributed by atoms with Crippen LogP contribution in [0.3, 0.4) is 0 Å². The first kappa shape index (κ1) is 18.9. The van der Waals surface area contributed by atoms with Crippen LogP contribution in [-0.2, 0) is 6.54 Å². The number of piperidine rings is 1. The van der Waals surface area contributed by atoms with Crippen LogP contribution in [0, 0.1) is 0 Å². The molecule has 0 atom stereocenters. The average molecular weight is 380 g/mol. The minimum absolute atomic E-state index is 0.00649. The Hall–Kier alpha value is -2.84. The van der Waals surface area contributed by atoms with Crippen LogP contribution in [0.2, 0.25) is 0 Å². The number of amides is 2. The molecule has 144 valence electrons. The van der Waals surface area contributed by atoms with Crippen molar-refractivity contribution in [2.45, 2.75) is 32.0 Å². The predicted molar refractivity (Wildman–Crippen MR) is 92.4 cm³/mol. The maximum absolute atomic E-state index is 12.5. The third-order valence-electron chi connectivity index (χ3n) is 4.25. The second-order valence-electron chi connectivity index (χ2n) is 6.43. The largest absolute Gasteiger partial charge is 0.408 e. The lowest BCUT2D eigenvalue weighted by atomic mass is 10.1. The van der Waals surface area contributed by atoms with E-state index >= 15 is 0 Å². The fraction of sp³-hybridized carbons (Fsp3) is 0.389. The molecule has 9 heteroatoms. The van der Waals surface area contributed by atoms with Gasteiger partial charge in [-0.2, -0.15) is 18.3 Å². The van der Waals surface area contributed by atoms with Crippen molar-refractivity contribution >= 4 is 17.5 Å². The summed E-state index contributed by atoms with van der Waals surface area (Å²) in [6.07, 6.45) is 0.758. The van der Waals surface area contributed by atoms with Crippen molar-refractivity contribution in [1.29, 1.82) is 0 Å². The second-order valence-corrected chi connectivity index (χ2v) is 6.43. The molecular formula is C18H19F3N4O2. The van der Waals surface area contributed by atoms with Crippen LogP contribution < -0.4 is 5.32 Å². The first-order valence-corrected chi connectivity index (χ1v) is 8.62. The second kappa shape index (κ2) is 7.81. The van der Waals surface area contributed by atoms with Crippen molar-refractivity contribution in [3.05, 3.63) is 47.8 Å². The van der Waals surface area contributed by atoms with Crippen molar-refractivity contribution in [3.63, 3.8) is 0 Å². The van der Waals surface area contributed by atoms with Gasteiger partial charge in [-0.15, -0.1) is 0 Å². The molecule has 0 unspecified atom stereocenters. The molecule has 27 heavy (non-hydrogen) atoms. The summed E-state index contributed by atoms with van der Waals surface area (Å²) < 4.78 is 37.8. The van der Waals surface area contributed by atoms with Gasteiger partial charge in [-0.25, -0.2) is 0 Å². The van der Waals surface area contributed by atoms with E-state index in [4.69, 9.17) is 0 Å². The summed E-state index contributed by atoms with van der Waals surface area (Å²) in [6.45, 7) is 0.168. The Morgan fingerprint density at radius 1 is 1.11 bits per heavy atom. The normalized spacial score (nSPS) is 14.9. The predicted octanol–water partition coefficient (Wildman–Crippen LogP) is 3.32. The molecule has 0 radical (unpaired) electrons. The zero-order valence-corrected chi connectivity index (χ0v) is 14.5. The van der Waals surface area contributed by atoms with E-state index in [1.54, 1.807) is 29.2 Å². The lowest BCUT2D eigenvalue weighted by Crippen LogP contribution is -2.35. The highest BCUT2D eigenvalue weighted by Crippen LogP contribution is 2.19. The molecule has 1 aromatic heterocycles. The Morgan fingerprint density at radius 3 is 2.56 bits per heavy atom. The summed E-state index contributed by atoms with van der Waals surface area (Å²) in [5.74, 6) is -0.685. The van der Waals surface area contributed by atoms with E-state index in [2.05, 4.69) is 10.4 Å². The number of alkyl halides is 3. The molecular weight excluding hydrogens is 361 g/mol. The third kappa shape index (κ3) is 5.08. The van der Waals surface area contributed by atoms with Crippen LogP contribution in [0.15, 0.2) is 36.7 Å². The van der Waals surface area contributed by atoms with Crippen LogP contribution in [-0.4, -0.2) is 45.8 Å². The molecule has 0 spiro atoms. The summed E-state index contributed by atoms with van der Waals surface area (Å²) in [5, 5.41) is 6.13. The Bertz CT molecular complexity index is 826. The van der Waals surface area contributed by atoms with E-state index < -0.39 is 18.6 Å². The van der Waals surface area contributed by atoms with Gasteiger partial charge in [0.1, 0.15) is 6.54 Å². The standard InChI is InChI=1S/C18H19F3N4O2/c19-18(20,21)12-25-11-14(10-22-25)16(26)23-15-6-4-5-13(9-15)17(27)24-7-2-1-3-8-24/h4-6,9-11H,1-3,7-8,12H2,(H,23,26). The van der Waals surface area contributed by atoms with Crippen LogP contribution in [0.5, 0.6) is 0 Å². The highest BCUT2D eigenvalue weighted by atomic mass is 19.4. The number of aromatic nitrogens is 2. The molecule has 2 aromatic rings. The molecule has 2 heterocycles. The van der Waals surface area contributed by atoms with Crippen molar-refractivity contribution in [2.24, 2.45) is 0 Å². The van der Waals surface area contributed by atoms with E-state index in [-0.39, 0.29) is 11.5 Å². The van der Waals surface area contributed by atoms with Gasteiger partial charge in [0.25, 0.3) is 11.8 Å². The number of benzene rings is 1. The summed E-state index contributed by atoms with van der Waals surface area (Å²) in [7, 11) is 0. The Morgan fingerprint density at radius 2 is 1.85 bits per heavy atom. The number of nitrogens with one attached hydrogen (secondary N) is 1. The topological polar surface area (TPSA) is 67.2 Å². The number of likely N-dealkylation sites (tertiary alicyclic amines) is 1. The number of rotatable bonds is 4. The minimum Gasteiger partial charge on any atom is -0.339 e. The van der Waals surface area contributed by atoms with Gasteiger partial charge in [0.2, 0.25) is 0 Å². The van der Waals surface area contributed by atoms with Gasteiger partial charge in [0.15, 0.2) is 0 Å². The molecule has 1 fully saturated rings. The van der Waals surface area contributed by atoms with Gasteiger partial charge in [0.05, 0.1) is 11.8 Å². The molecule has 3 rings (SSSR count). The molecule has 2 amide bonds. The van der Waals surface area contributed by atoms with Crippen LogP contribution >= 0.6 is 0 Å². The van der Waals surface area contributed by atoms with E-state index in [9.17, 15) is 22.8 Å². The number of hydrogen-bond acceptors (Lipinski definition) is 3. The van der Waals surface area contributed by atoms with Gasteiger partial charge >= 0.3 is 6.18 Å². The van der Waals surface area contributed by atoms with E-state index in [0.29, 0.717) is 29.0 Å². The van der Waals surface area contributed by atoms with Gasteiger partial charge in [-0.05, 0) is 37.5 Å². The first-order valence-electron chi connectivity index (χ1n) is 8.62. The number of carbonyl (C=O) groups excluding carboxylic acids is 2. The maximum Gasteiger partial charge on any atom is 0.408 e. The molecule has 6 nitrogen and oxygen atoms in total. The van der Waals surface area contributed by atoms with Crippen molar-refractivity contribution < 1.29 is 22.8 Å². The molecule has 0 aliphatic carbocycles. The van der Waals surface area contributed by atoms with Gasteiger partial charge < -0.3 is 10.2 Å². The lowest BCUT2D eigenvalue weighted by Gasteiger charge is -2.26. The zero-order valence-electron chi connectivity index (χ0n) is 14.5. The molecule has 1 aliphatic rings. The SMILES string of the molecule is O=C(Nc1cccc(C(=O)N2CCCCC2)c1)c1cnn(CC(F)(F)F)c1. The quantitative estimate of drug-likeness (QED) is 0.885. The Balaban J connectivity index is 1.67. The lowest BCUT2D eigenvalue weighted by molar-refractivity contribution is -0.142. The van der Waals surface area contributed by atoms with E-state index in [0.717, 1.165) is 31.7 Å². The number of carbonyl (C=O) groups is 2. The molecule has 1 aliphatic heterocycles. The Labute approximate surface area is 154 Å². The van der Waals surface area contributed by atoms with Gasteiger partial charge in [-0.1, -0.05) is 6.07 Å². The van der Waals surface area contributed by atoms with Crippen LogP contribution in [0.4, 0.5) is 18.9 Å². The average Bonchev–Trinajstić information content (AvgIpc) is 3.09. The fourth-order valence-corrected chi connectivity index (χ4v) is 2.96. The van der Waals surface area contributed by atoms with Crippen molar-refractivity contribution in [1.82, 2.24) is 14.7 Å². The zero-order chi connectivity index (χ0) is 19.4. The monoisotopic (exact) mass is 380 g/mol. The van der Waals surface area contributed by atoms with E-state index in [1.165, 1.54) is 0 Å². The first-order chi connectivity index (χ1) is 12.8.